The van der Waals surface area contributed by atoms with E-state index in [1.54, 1.807) is 36.4 Å². The summed E-state index contributed by atoms with van der Waals surface area (Å²) in [6.07, 6.45) is -0.0110. The van der Waals surface area contributed by atoms with Crippen molar-refractivity contribution < 1.29 is 14.3 Å². The Kier molecular flexibility index (Phi) is 5.27. The van der Waals surface area contributed by atoms with Gasteiger partial charge in [0.2, 0.25) is 0 Å². The lowest BCUT2D eigenvalue weighted by Crippen LogP contribution is -2.13. The van der Waals surface area contributed by atoms with Crippen molar-refractivity contribution in [2.45, 2.75) is 39.9 Å². The molecule has 122 valence electrons. The standard InChI is InChI=1S/C19H23NO3/c1-12(2)22-14-9-10-18(23-13(3)4)16(11-14)19(21)15-7-5-6-8-17(15)20/h5-13H,20H2,1-4H3. The molecule has 0 saturated heterocycles. The summed E-state index contributed by atoms with van der Waals surface area (Å²) in [4.78, 5) is 12.9. The fraction of sp³-hybridized carbons (Fsp3) is 0.316. The van der Waals surface area contributed by atoms with Crippen LogP contribution in [0.2, 0.25) is 0 Å². The van der Waals surface area contributed by atoms with Gasteiger partial charge >= 0.3 is 0 Å². The number of benzene rings is 2. The highest BCUT2D eigenvalue weighted by atomic mass is 16.5. The van der Waals surface area contributed by atoms with Crippen LogP contribution in [-0.4, -0.2) is 18.0 Å². The van der Waals surface area contributed by atoms with Gasteiger partial charge in [-0.3, -0.25) is 4.79 Å². The van der Waals surface area contributed by atoms with Crippen LogP contribution in [0.25, 0.3) is 0 Å². The zero-order valence-electron chi connectivity index (χ0n) is 14.0. The molecule has 0 atom stereocenters. The average Bonchev–Trinajstić information content (AvgIpc) is 2.47. The van der Waals surface area contributed by atoms with E-state index in [9.17, 15) is 4.79 Å². The second-order valence-corrected chi connectivity index (χ2v) is 5.91. The van der Waals surface area contributed by atoms with Crippen LogP contribution in [0.15, 0.2) is 42.5 Å². The van der Waals surface area contributed by atoms with Crippen molar-refractivity contribution in [3.8, 4) is 11.5 Å². The molecule has 2 N–H and O–H groups in total. The molecule has 0 aliphatic carbocycles. The summed E-state index contributed by atoms with van der Waals surface area (Å²) in [6, 6.07) is 12.3. The fourth-order valence-electron chi connectivity index (χ4n) is 2.24. The van der Waals surface area contributed by atoms with Gasteiger partial charge < -0.3 is 15.2 Å². The third-order valence-electron chi connectivity index (χ3n) is 3.14. The Balaban J connectivity index is 2.47. The molecular weight excluding hydrogens is 290 g/mol. The van der Waals surface area contributed by atoms with E-state index in [1.807, 2.05) is 33.8 Å². The maximum Gasteiger partial charge on any atom is 0.198 e. The van der Waals surface area contributed by atoms with Crippen molar-refractivity contribution >= 4 is 11.5 Å². The molecule has 0 fully saturated rings. The molecule has 0 amide bonds. The number of nitrogens with two attached hydrogens (primary N) is 1. The molecule has 0 unspecified atom stereocenters. The Morgan fingerprint density at radius 1 is 0.913 bits per heavy atom. The highest BCUT2D eigenvalue weighted by molar-refractivity contribution is 6.13. The molecule has 2 rings (SSSR count). The van der Waals surface area contributed by atoms with Crippen LogP contribution >= 0.6 is 0 Å². The molecule has 4 heteroatoms. The minimum Gasteiger partial charge on any atom is -0.491 e. The number of hydrogen-bond donors (Lipinski definition) is 1. The molecular formula is C19H23NO3. The number of hydrogen-bond acceptors (Lipinski definition) is 4. The van der Waals surface area contributed by atoms with Crippen LogP contribution in [0.4, 0.5) is 5.69 Å². The third kappa shape index (κ3) is 4.25. The molecule has 0 saturated carbocycles. The van der Waals surface area contributed by atoms with E-state index < -0.39 is 0 Å². The molecule has 0 bridgehead atoms. The topological polar surface area (TPSA) is 61.5 Å². The molecule has 2 aromatic carbocycles. The molecule has 4 nitrogen and oxygen atoms in total. The van der Waals surface area contributed by atoms with Crippen molar-refractivity contribution in [1.82, 2.24) is 0 Å². The van der Waals surface area contributed by atoms with Gasteiger partial charge in [-0.05, 0) is 58.0 Å². The van der Waals surface area contributed by atoms with Crippen LogP contribution < -0.4 is 15.2 Å². The number of ketones is 1. The zero-order valence-corrected chi connectivity index (χ0v) is 14.0. The number of para-hydroxylation sites is 1. The maximum absolute atomic E-state index is 12.9. The van der Waals surface area contributed by atoms with Crippen LogP contribution in [0.3, 0.4) is 0 Å². The van der Waals surface area contributed by atoms with Crippen LogP contribution in [0.5, 0.6) is 11.5 Å². The Morgan fingerprint density at radius 3 is 2.17 bits per heavy atom. The Bertz CT molecular complexity index is 693. The van der Waals surface area contributed by atoms with E-state index in [2.05, 4.69) is 0 Å². The van der Waals surface area contributed by atoms with Gasteiger partial charge in [0, 0.05) is 11.3 Å². The number of carbonyl (C=O) groups excluding carboxylic acids is 1. The predicted octanol–water partition coefficient (Wildman–Crippen LogP) is 4.07. The highest BCUT2D eigenvalue weighted by Crippen LogP contribution is 2.29. The largest absolute Gasteiger partial charge is 0.491 e. The minimum atomic E-state index is -0.173. The van der Waals surface area contributed by atoms with Crippen molar-refractivity contribution in [1.29, 1.82) is 0 Å². The van der Waals surface area contributed by atoms with Crippen LogP contribution in [0.1, 0.15) is 43.6 Å². The fourth-order valence-corrected chi connectivity index (χ4v) is 2.24. The first-order chi connectivity index (χ1) is 10.9. The smallest absolute Gasteiger partial charge is 0.198 e. The molecule has 0 radical (unpaired) electrons. The number of carbonyl (C=O) groups is 1. The number of anilines is 1. The summed E-state index contributed by atoms with van der Waals surface area (Å²) in [5, 5.41) is 0. The van der Waals surface area contributed by atoms with Crippen molar-refractivity contribution in [2.75, 3.05) is 5.73 Å². The molecule has 23 heavy (non-hydrogen) atoms. The summed E-state index contributed by atoms with van der Waals surface area (Å²) in [5.74, 6) is 0.992. The second kappa shape index (κ2) is 7.18. The monoisotopic (exact) mass is 313 g/mol. The Hall–Kier alpha value is -2.49. The molecule has 0 aliphatic heterocycles. The first-order valence-corrected chi connectivity index (χ1v) is 7.75. The summed E-state index contributed by atoms with van der Waals surface area (Å²) >= 11 is 0. The molecule has 0 aliphatic rings. The van der Waals surface area contributed by atoms with E-state index in [0.717, 1.165) is 0 Å². The predicted molar refractivity (Wildman–Crippen MR) is 92.3 cm³/mol. The van der Waals surface area contributed by atoms with Gasteiger partial charge in [0.25, 0.3) is 0 Å². The highest BCUT2D eigenvalue weighted by Gasteiger charge is 2.19. The Morgan fingerprint density at radius 2 is 1.57 bits per heavy atom. The first kappa shape index (κ1) is 16.9. The molecule has 0 heterocycles. The minimum absolute atomic E-state index is 0.0246. The van der Waals surface area contributed by atoms with Crippen molar-refractivity contribution in [2.24, 2.45) is 0 Å². The summed E-state index contributed by atoms with van der Waals surface area (Å²) in [5.41, 5.74) is 7.30. The lowest BCUT2D eigenvalue weighted by molar-refractivity contribution is 0.103. The van der Waals surface area contributed by atoms with Crippen LogP contribution in [-0.2, 0) is 0 Å². The summed E-state index contributed by atoms with van der Waals surface area (Å²) in [7, 11) is 0. The molecule has 0 spiro atoms. The van der Waals surface area contributed by atoms with Gasteiger partial charge in [0.15, 0.2) is 5.78 Å². The summed E-state index contributed by atoms with van der Waals surface area (Å²) in [6.45, 7) is 7.72. The van der Waals surface area contributed by atoms with E-state index >= 15 is 0 Å². The lowest BCUT2D eigenvalue weighted by atomic mass is 10.0. The SMILES string of the molecule is CC(C)Oc1ccc(OC(C)C)c(C(=O)c2ccccc2N)c1. The Labute approximate surface area is 137 Å². The van der Waals surface area contributed by atoms with Crippen molar-refractivity contribution in [3.05, 3.63) is 53.6 Å². The van der Waals surface area contributed by atoms with Gasteiger partial charge in [-0.1, -0.05) is 12.1 Å². The van der Waals surface area contributed by atoms with Gasteiger partial charge in [-0.15, -0.1) is 0 Å². The van der Waals surface area contributed by atoms with Gasteiger partial charge in [-0.25, -0.2) is 0 Å². The normalized spacial score (nSPS) is 10.9. The molecule has 0 aromatic heterocycles. The second-order valence-electron chi connectivity index (χ2n) is 5.91. The zero-order chi connectivity index (χ0) is 17.0. The van der Waals surface area contributed by atoms with E-state index in [4.69, 9.17) is 15.2 Å². The number of nitrogen functional groups attached to an aromatic ring is 1. The number of rotatable bonds is 6. The summed E-state index contributed by atoms with van der Waals surface area (Å²) < 4.78 is 11.5. The van der Waals surface area contributed by atoms with E-state index in [-0.39, 0.29) is 18.0 Å². The van der Waals surface area contributed by atoms with Gasteiger partial charge in [-0.2, -0.15) is 0 Å². The van der Waals surface area contributed by atoms with Crippen LogP contribution in [0, 0.1) is 0 Å². The average molecular weight is 313 g/mol. The molecule has 2 aromatic rings. The third-order valence-corrected chi connectivity index (χ3v) is 3.14. The lowest BCUT2D eigenvalue weighted by Gasteiger charge is -2.17. The van der Waals surface area contributed by atoms with E-state index in [0.29, 0.717) is 28.3 Å². The first-order valence-electron chi connectivity index (χ1n) is 7.75. The van der Waals surface area contributed by atoms with Crippen molar-refractivity contribution in [3.63, 3.8) is 0 Å². The quantitative estimate of drug-likeness (QED) is 0.645. The number of ether oxygens (including phenoxy) is 2. The van der Waals surface area contributed by atoms with E-state index in [1.165, 1.54) is 0 Å². The van der Waals surface area contributed by atoms with Gasteiger partial charge in [0.05, 0.1) is 17.8 Å². The maximum atomic E-state index is 12.9. The van der Waals surface area contributed by atoms with Gasteiger partial charge in [0.1, 0.15) is 11.5 Å².